The SMILES string of the molecule is CCOC(=O)c1cn(C2CC2)c2c(F)c(CC(=O)OC(c3ccccc3)c3ccccc3)c(F)cc2c1=O. The van der Waals surface area contributed by atoms with Crippen LogP contribution in [0.4, 0.5) is 8.78 Å². The average molecular weight is 518 g/mol. The smallest absolute Gasteiger partial charge is 0.343 e. The zero-order valence-electron chi connectivity index (χ0n) is 20.7. The first-order valence-electron chi connectivity index (χ1n) is 12.4. The second-order valence-electron chi connectivity index (χ2n) is 9.15. The van der Waals surface area contributed by atoms with Gasteiger partial charge in [-0.25, -0.2) is 13.6 Å². The van der Waals surface area contributed by atoms with Crippen LogP contribution in [0.2, 0.25) is 0 Å². The molecule has 0 N–H and O–H groups in total. The zero-order valence-corrected chi connectivity index (χ0v) is 20.7. The Morgan fingerprint density at radius 2 is 1.61 bits per heavy atom. The van der Waals surface area contributed by atoms with Gasteiger partial charge in [-0.2, -0.15) is 0 Å². The summed E-state index contributed by atoms with van der Waals surface area (Å²) in [6.45, 7) is 1.65. The molecule has 38 heavy (non-hydrogen) atoms. The number of pyridine rings is 1. The summed E-state index contributed by atoms with van der Waals surface area (Å²) < 4.78 is 43.3. The molecular weight excluding hydrogens is 492 g/mol. The molecule has 3 aromatic carbocycles. The molecule has 1 aliphatic carbocycles. The molecule has 1 saturated carbocycles. The van der Waals surface area contributed by atoms with Crippen LogP contribution in [0.3, 0.4) is 0 Å². The van der Waals surface area contributed by atoms with Gasteiger partial charge in [0.05, 0.1) is 23.9 Å². The van der Waals surface area contributed by atoms with E-state index in [0.29, 0.717) is 24.0 Å². The fourth-order valence-electron chi connectivity index (χ4n) is 4.54. The molecule has 1 aromatic heterocycles. The van der Waals surface area contributed by atoms with E-state index >= 15 is 8.78 Å². The van der Waals surface area contributed by atoms with Crippen molar-refractivity contribution < 1.29 is 27.8 Å². The van der Waals surface area contributed by atoms with Crippen LogP contribution >= 0.6 is 0 Å². The predicted octanol–water partition coefficient (Wildman–Crippen LogP) is 5.67. The molecule has 8 heteroatoms. The van der Waals surface area contributed by atoms with Crippen LogP contribution in [-0.4, -0.2) is 23.1 Å². The summed E-state index contributed by atoms with van der Waals surface area (Å²) in [7, 11) is 0. The average Bonchev–Trinajstić information content (AvgIpc) is 3.77. The second-order valence-corrected chi connectivity index (χ2v) is 9.15. The Hall–Kier alpha value is -4.33. The number of halogens is 2. The van der Waals surface area contributed by atoms with Crippen LogP contribution in [0.25, 0.3) is 10.9 Å². The van der Waals surface area contributed by atoms with Crippen LogP contribution < -0.4 is 5.43 Å². The van der Waals surface area contributed by atoms with Crippen LogP contribution in [0.1, 0.15) is 59.0 Å². The van der Waals surface area contributed by atoms with E-state index in [1.54, 1.807) is 31.2 Å². The van der Waals surface area contributed by atoms with Gasteiger partial charge in [0.15, 0.2) is 11.9 Å². The van der Waals surface area contributed by atoms with Gasteiger partial charge in [-0.3, -0.25) is 9.59 Å². The Balaban J connectivity index is 1.53. The van der Waals surface area contributed by atoms with Crippen LogP contribution in [-0.2, 0) is 20.7 Å². The van der Waals surface area contributed by atoms with Crippen molar-refractivity contribution in [2.75, 3.05) is 6.61 Å². The first-order chi connectivity index (χ1) is 18.4. The molecule has 0 aliphatic heterocycles. The molecule has 1 heterocycles. The maximum Gasteiger partial charge on any atom is 0.343 e. The van der Waals surface area contributed by atoms with Crippen molar-refractivity contribution in [3.05, 3.63) is 117 Å². The number of carbonyl (C=O) groups excluding carboxylic acids is 2. The second kappa shape index (κ2) is 10.6. The van der Waals surface area contributed by atoms with Crippen molar-refractivity contribution in [1.82, 2.24) is 4.57 Å². The van der Waals surface area contributed by atoms with Gasteiger partial charge in [-0.05, 0) is 37.0 Å². The molecule has 0 saturated heterocycles. The molecule has 6 nitrogen and oxygen atoms in total. The summed E-state index contributed by atoms with van der Waals surface area (Å²) >= 11 is 0. The maximum absolute atomic E-state index is 15.9. The van der Waals surface area contributed by atoms with E-state index in [-0.39, 0.29) is 29.1 Å². The minimum absolute atomic E-state index is 0.0521. The number of hydrogen-bond donors (Lipinski definition) is 0. The lowest BCUT2D eigenvalue weighted by Crippen LogP contribution is -2.22. The number of aromatic nitrogens is 1. The number of nitrogens with zero attached hydrogens (tertiary/aromatic N) is 1. The van der Waals surface area contributed by atoms with Gasteiger partial charge in [-0.15, -0.1) is 0 Å². The molecule has 194 valence electrons. The highest BCUT2D eigenvalue weighted by atomic mass is 19.1. The predicted molar refractivity (Wildman–Crippen MR) is 137 cm³/mol. The number of carbonyl (C=O) groups is 2. The Morgan fingerprint density at radius 1 is 1.00 bits per heavy atom. The van der Waals surface area contributed by atoms with Crippen molar-refractivity contribution in [2.24, 2.45) is 0 Å². The molecule has 0 amide bonds. The first kappa shape index (κ1) is 25.3. The third-order valence-corrected chi connectivity index (χ3v) is 6.51. The topological polar surface area (TPSA) is 74.6 Å². The summed E-state index contributed by atoms with van der Waals surface area (Å²) in [4.78, 5) is 38.4. The lowest BCUT2D eigenvalue weighted by atomic mass is 10.0. The zero-order chi connectivity index (χ0) is 26.8. The molecule has 0 radical (unpaired) electrons. The van der Waals surface area contributed by atoms with E-state index in [9.17, 15) is 14.4 Å². The lowest BCUT2D eigenvalue weighted by Gasteiger charge is -2.20. The molecular formula is C30H25F2NO5. The summed E-state index contributed by atoms with van der Waals surface area (Å²) in [6, 6.07) is 18.9. The Labute approximate surface area is 217 Å². The van der Waals surface area contributed by atoms with Crippen molar-refractivity contribution >= 4 is 22.8 Å². The van der Waals surface area contributed by atoms with Crippen molar-refractivity contribution in [2.45, 2.75) is 38.3 Å². The molecule has 1 fully saturated rings. The maximum atomic E-state index is 15.9. The summed E-state index contributed by atoms with van der Waals surface area (Å²) in [5, 5.41) is -0.277. The van der Waals surface area contributed by atoms with E-state index in [4.69, 9.17) is 9.47 Å². The number of hydrogen-bond acceptors (Lipinski definition) is 5. The first-order valence-corrected chi connectivity index (χ1v) is 12.4. The number of rotatable bonds is 8. The van der Waals surface area contributed by atoms with Gasteiger partial charge in [0.1, 0.15) is 11.4 Å². The van der Waals surface area contributed by atoms with Crippen molar-refractivity contribution in [3.8, 4) is 0 Å². The van der Waals surface area contributed by atoms with Gasteiger partial charge >= 0.3 is 11.9 Å². The molecule has 5 rings (SSSR count). The summed E-state index contributed by atoms with van der Waals surface area (Å²) in [5.41, 5.74) is -0.333. The lowest BCUT2D eigenvalue weighted by molar-refractivity contribution is -0.146. The third kappa shape index (κ3) is 4.94. The standard InChI is InChI=1S/C30H25F2NO5/c1-2-37-30(36)23-17-33(20-13-14-20)27-22(28(23)35)15-24(31)21(26(27)32)16-25(34)38-29(18-9-5-3-6-10-18)19-11-7-4-8-12-19/h3-12,15,17,20,29H,2,13-14,16H2,1H3. The quantitative estimate of drug-likeness (QED) is 0.282. The fourth-order valence-corrected chi connectivity index (χ4v) is 4.54. The molecule has 1 aliphatic rings. The molecule has 4 aromatic rings. The minimum atomic E-state index is -1.07. The minimum Gasteiger partial charge on any atom is -0.462 e. The summed E-state index contributed by atoms with van der Waals surface area (Å²) in [6.07, 6.45) is 1.24. The van der Waals surface area contributed by atoms with E-state index < -0.39 is 47.1 Å². The van der Waals surface area contributed by atoms with Gasteiger partial charge in [0.2, 0.25) is 5.43 Å². The van der Waals surface area contributed by atoms with Gasteiger partial charge < -0.3 is 14.0 Å². The van der Waals surface area contributed by atoms with E-state index in [0.717, 1.165) is 6.07 Å². The van der Waals surface area contributed by atoms with Gasteiger partial charge in [-0.1, -0.05) is 60.7 Å². The number of esters is 2. The number of benzene rings is 3. The largest absolute Gasteiger partial charge is 0.462 e. The monoisotopic (exact) mass is 517 g/mol. The summed E-state index contributed by atoms with van der Waals surface area (Å²) in [5.74, 6) is -3.77. The van der Waals surface area contributed by atoms with E-state index in [1.165, 1.54) is 10.8 Å². The highest BCUT2D eigenvalue weighted by Crippen LogP contribution is 2.38. The van der Waals surface area contributed by atoms with Crippen LogP contribution in [0.15, 0.2) is 77.7 Å². The van der Waals surface area contributed by atoms with Crippen LogP contribution in [0, 0.1) is 11.6 Å². The van der Waals surface area contributed by atoms with Gasteiger partial charge in [0.25, 0.3) is 0 Å². The Kier molecular flexibility index (Phi) is 7.05. The molecule has 0 bridgehead atoms. The number of fused-ring (bicyclic) bond motifs is 1. The highest BCUT2D eigenvalue weighted by molar-refractivity contribution is 5.94. The number of ether oxygens (including phenoxy) is 2. The Morgan fingerprint density at radius 3 is 2.16 bits per heavy atom. The fraction of sp³-hybridized carbons (Fsp3) is 0.233. The van der Waals surface area contributed by atoms with Gasteiger partial charge in [0, 0.05) is 17.8 Å². The van der Waals surface area contributed by atoms with Crippen molar-refractivity contribution in [1.29, 1.82) is 0 Å². The molecule has 0 atom stereocenters. The van der Waals surface area contributed by atoms with E-state index in [2.05, 4.69) is 0 Å². The highest BCUT2D eigenvalue weighted by Gasteiger charge is 2.31. The van der Waals surface area contributed by atoms with Crippen LogP contribution in [0.5, 0.6) is 0 Å². The molecule has 0 unspecified atom stereocenters. The molecule has 0 spiro atoms. The normalized spacial score (nSPS) is 13.1. The van der Waals surface area contributed by atoms with Crippen molar-refractivity contribution in [3.63, 3.8) is 0 Å². The van der Waals surface area contributed by atoms with E-state index in [1.807, 2.05) is 36.4 Å². The third-order valence-electron chi connectivity index (χ3n) is 6.51. The Bertz CT molecular complexity index is 1520.